The average molecular weight is 290 g/mol. The number of carboxylic acid groups (broad SMARTS) is 1. The van der Waals surface area contributed by atoms with Crippen molar-refractivity contribution in [3.63, 3.8) is 0 Å². The number of pyridine rings is 1. The second-order valence-electron chi connectivity index (χ2n) is 5.27. The summed E-state index contributed by atoms with van der Waals surface area (Å²) in [4.78, 5) is 15.8. The van der Waals surface area contributed by atoms with Crippen LogP contribution in [0.2, 0.25) is 0 Å². The summed E-state index contributed by atoms with van der Waals surface area (Å²) in [5.74, 6) is -1.59. The monoisotopic (exact) mass is 290 g/mol. The number of nitrogen functional groups attached to an aromatic ring is 1. The fourth-order valence-corrected chi connectivity index (χ4v) is 2.41. The Morgan fingerprint density at radius 1 is 1.43 bits per heavy atom. The molecule has 0 radical (unpaired) electrons. The molecule has 0 aromatic carbocycles. The first-order valence-electron chi connectivity index (χ1n) is 6.65. The Kier molecular flexibility index (Phi) is 4.46. The topological polar surface area (TPSA) is 131 Å². The number of carbonyl (C=O) groups is 1. The molecule has 8 heteroatoms. The molecule has 2 atom stereocenters. The molecule has 0 saturated heterocycles. The van der Waals surface area contributed by atoms with E-state index in [9.17, 15) is 9.90 Å². The lowest BCUT2D eigenvalue weighted by atomic mass is 9.80. The summed E-state index contributed by atoms with van der Waals surface area (Å²) in [6.07, 6.45) is 1.96. The van der Waals surface area contributed by atoms with E-state index in [1.165, 1.54) is 0 Å². The van der Waals surface area contributed by atoms with Gasteiger partial charge in [0.15, 0.2) is 5.82 Å². The highest BCUT2D eigenvalue weighted by molar-refractivity contribution is 5.71. The van der Waals surface area contributed by atoms with Gasteiger partial charge in [0.25, 0.3) is 0 Å². The molecule has 8 nitrogen and oxygen atoms in total. The zero-order valence-electron chi connectivity index (χ0n) is 11.9. The van der Waals surface area contributed by atoms with Crippen molar-refractivity contribution in [2.45, 2.75) is 26.2 Å². The van der Waals surface area contributed by atoms with Crippen molar-refractivity contribution in [1.82, 2.24) is 25.6 Å². The summed E-state index contributed by atoms with van der Waals surface area (Å²) in [5, 5.41) is 23.3. The largest absolute Gasteiger partial charge is 0.481 e. The molecular formula is C13H18N6O2. The van der Waals surface area contributed by atoms with E-state index in [1.54, 1.807) is 18.3 Å². The fraction of sp³-hybridized carbons (Fsp3) is 0.462. The van der Waals surface area contributed by atoms with E-state index < -0.39 is 17.8 Å². The van der Waals surface area contributed by atoms with Crippen LogP contribution in [0.4, 0.5) is 5.69 Å². The maximum atomic E-state index is 11.6. The standard InChI is InChI=1S/C13H18N6O2/c1-7(2)11(13(20)21)10(12-16-18-19-17-12)5-9-4-3-8(14)6-15-9/h3-4,6-7,10-11H,5,14H2,1-2H3,(H,20,21)(H,16,17,18,19)/t10-,11?/m0/s1. The summed E-state index contributed by atoms with van der Waals surface area (Å²) in [6, 6.07) is 3.52. The normalized spacial score (nSPS) is 14.0. The van der Waals surface area contributed by atoms with E-state index in [0.717, 1.165) is 5.69 Å². The Bertz CT molecular complexity index is 581. The SMILES string of the molecule is CC(C)C(C(=O)O)[C@H](Cc1ccc(N)cn1)c1nn[nH]n1. The molecule has 21 heavy (non-hydrogen) atoms. The van der Waals surface area contributed by atoms with Crippen LogP contribution in [-0.2, 0) is 11.2 Å². The minimum atomic E-state index is -0.879. The molecule has 2 aromatic rings. The van der Waals surface area contributed by atoms with Crippen molar-refractivity contribution in [3.8, 4) is 0 Å². The molecule has 0 aliphatic heterocycles. The van der Waals surface area contributed by atoms with Crippen molar-refractivity contribution in [2.75, 3.05) is 5.73 Å². The van der Waals surface area contributed by atoms with E-state index in [0.29, 0.717) is 17.9 Å². The van der Waals surface area contributed by atoms with Gasteiger partial charge in [0.05, 0.1) is 17.8 Å². The Hall–Kier alpha value is -2.51. The number of nitrogens with one attached hydrogen (secondary N) is 1. The number of carboxylic acids is 1. The average Bonchev–Trinajstić information content (AvgIpc) is 2.93. The first-order valence-corrected chi connectivity index (χ1v) is 6.65. The molecule has 2 heterocycles. The molecule has 0 spiro atoms. The van der Waals surface area contributed by atoms with Gasteiger partial charge in [-0.2, -0.15) is 5.21 Å². The number of nitrogens with zero attached hydrogens (tertiary/aromatic N) is 4. The first-order chi connectivity index (χ1) is 9.99. The number of nitrogens with two attached hydrogens (primary N) is 1. The highest BCUT2D eigenvalue weighted by Crippen LogP contribution is 2.31. The van der Waals surface area contributed by atoms with E-state index in [1.807, 2.05) is 13.8 Å². The lowest BCUT2D eigenvalue weighted by Gasteiger charge is -2.24. The van der Waals surface area contributed by atoms with Crippen LogP contribution in [-0.4, -0.2) is 36.7 Å². The van der Waals surface area contributed by atoms with Crippen molar-refractivity contribution in [1.29, 1.82) is 0 Å². The zero-order valence-corrected chi connectivity index (χ0v) is 11.9. The summed E-state index contributed by atoms with van der Waals surface area (Å²) in [7, 11) is 0. The number of aliphatic carboxylic acids is 1. The predicted octanol–water partition coefficient (Wildman–Crippen LogP) is 0.860. The Morgan fingerprint density at radius 3 is 2.67 bits per heavy atom. The summed E-state index contributed by atoms with van der Waals surface area (Å²) < 4.78 is 0. The van der Waals surface area contributed by atoms with Gasteiger partial charge in [-0.1, -0.05) is 19.1 Å². The number of H-pyrrole nitrogens is 1. The molecule has 0 aliphatic rings. The minimum absolute atomic E-state index is 0.0696. The van der Waals surface area contributed by atoms with Crippen LogP contribution in [0, 0.1) is 11.8 Å². The molecule has 0 bridgehead atoms. The zero-order chi connectivity index (χ0) is 15.4. The van der Waals surface area contributed by atoms with Gasteiger partial charge in [0, 0.05) is 18.0 Å². The van der Waals surface area contributed by atoms with E-state index in [4.69, 9.17) is 5.73 Å². The van der Waals surface area contributed by atoms with Gasteiger partial charge in [-0.15, -0.1) is 10.2 Å². The van der Waals surface area contributed by atoms with Crippen molar-refractivity contribution < 1.29 is 9.90 Å². The number of aromatic nitrogens is 5. The predicted molar refractivity (Wildman–Crippen MR) is 75.2 cm³/mol. The molecule has 112 valence electrons. The van der Waals surface area contributed by atoms with Crippen LogP contribution in [0.25, 0.3) is 0 Å². The maximum absolute atomic E-state index is 11.6. The number of hydrogen-bond donors (Lipinski definition) is 3. The smallest absolute Gasteiger partial charge is 0.307 e. The fourth-order valence-electron chi connectivity index (χ4n) is 2.41. The van der Waals surface area contributed by atoms with Crippen LogP contribution in [0.15, 0.2) is 18.3 Å². The third-order valence-corrected chi connectivity index (χ3v) is 3.41. The van der Waals surface area contributed by atoms with E-state index >= 15 is 0 Å². The van der Waals surface area contributed by atoms with Gasteiger partial charge in [0.2, 0.25) is 0 Å². The third kappa shape index (κ3) is 3.53. The van der Waals surface area contributed by atoms with Crippen LogP contribution in [0.3, 0.4) is 0 Å². The first kappa shape index (κ1) is 14.9. The highest BCUT2D eigenvalue weighted by atomic mass is 16.4. The third-order valence-electron chi connectivity index (χ3n) is 3.41. The molecule has 0 aliphatic carbocycles. The number of anilines is 1. The van der Waals surface area contributed by atoms with E-state index in [2.05, 4.69) is 25.6 Å². The van der Waals surface area contributed by atoms with Gasteiger partial charge < -0.3 is 10.8 Å². The molecule has 1 unspecified atom stereocenters. The van der Waals surface area contributed by atoms with Crippen LogP contribution < -0.4 is 5.73 Å². The number of rotatable bonds is 6. The molecule has 0 saturated carbocycles. The summed E-state index contributed by atoms with van der Waals surface area (Å²) in [6.45, 7) is 3.73. The second-order valence-corrected chi connectivity index (χ2v) is 5.27. The van der Waals surface area contributed by atoms with Gasteiger partial charge in [-0.3, -0.25) is 9.78 Å². The highest BCUT2D eigenvalue weighted by Gasteiger charge is 2.35. The van der Waals surface area contributed by atoms with Crippen LogP contribution in [0.5, 0.6) is 0 Å². The molecule has 0 amide bonds. The Morgan fingerprint density at radius 2 is 2.19 bits per heavy atom. The van der Waals surface area contributed by atoms with Gasteiger partial charge >= 0.3 is 5.97 Å². The summed E-state index contributed by atoms with van der Waals surface area (Å²) in [5.41, 5.74) is 6.92. The Balaban J connectivity index is 2.32. The van der Waals surface area contributed by atoms with Gasteiger partial charge in [-0.25, -0.2) is 0 Å². The summed E-state index contributed by atoms with van der Waals surface area (Å²) >= 11 is 0. The second kappa shape index (κ2) is 6.29. The van der Waals surface area contributed by atoms with E-state index in [-0.39, 0.29) is 5.92 Å². The van der Waals surface area contributed by atoms with Crippen molar-refractivity contribution >= 4 is 11.7 Å². The lowest BCUT2D eigenvalue weighted by Crippen LogP contribution is -2.29. The molecular weight excluding hydrogens is 272 g/mol. The molecule has 2 aromatic heterocycles. The quantitative estimate of drug-likeness (QED) is 0.719. The number of hydrogen-bond acceptors (Lipinski definition) is 6. The molecule has 0 fully saturated rings. The van der Waals surface area contributed by atoms with Crippen LogP contribution >= 0.6 is 0 Å². The molecule has 2 rings (SSSR count). The Labute approximate surface area is 121 Å². The van der Waals surface area contributed by atoms with Crippen LogP contribution in [0.1, 0.15) is 31.3 Å². The molecule has 4 N–H and O–H groups in total. The van der Waals surface area contributed by atoms with Crippen molar-refractivity contribution in [2.24, 2.45) is 11.8 Å². The minimum Gasteiger partial charge on any atom is -0.481 e. The van der Waals surface area contributed by atoms with Crippen molar-refractivity contribution in [3.05, 3.63) is 29.8 Å². The lowest BCUT2D eigenvalue weighted by molar-refractivity contribution is -0.144. The van der Waals surface area contributed by atoms with Gasteiger partial charge in [0.1, 0.15) is 0 Å². The maximum Gasteiger partial charge on any atom is 0.307 e. The number of aromatic amines is 1. The number of tetrazole rings is 1. The van der Waals surface area contributed by atoms with Gasteiger partial charge in [-0.05, 0) is 18.1 Å².